The molecule has 1 amide bonds. The van der Waals surface area contributed by atoms with E-state index in [0.29, 0.717) is 17.1 Å². The van der Waals surface area contributed by atoms with Crippen LogP contribution in [0.5, 0.6) is 11.5 Å². The number of thioether (sulfide) groups is 1. The molecule has 4 rings (SSSR count). The van der Waals surface area contributed by atoms with Crippen LogP contribution in [0.2, 0.25) is 0 Å². The highest BCUT2D eigenvalue weighted by molar-refractivity contribution is 7.98. The summed E-state index contributed by atoms with van der Waals surface area (Å²) in [5, 5.41) is 12.8. The van der Waals surface area contributed by atoms with Crippen molar-refractivity contribution >= 4 is 17.7 Å². The number of para-hydroxylation sites is 2. The van der Waals surface area contributed by atoms with Crippen LogP contribution >= 0.6 is 11.8 Å². The minimum absolute atomic E-state index is 0.0533. The van der Waals surface area contributed by atoms with Crippen molar-refractivity contribution in [2.75, 3.05) is 14.2 Å². The van der Waals surface area contributed by atoms with E-state index in [4.69, 9.17) is 9.47 Å². The molecule has 1 aromatic heterocycles. The molecule has 0 saturated carbocycles. The molecule has 0 aliphatic heterocycles. The van der Waals surface area contributed by atoms with E-state index in [2.05, 4.69) is 22.4 Å². The molecule has 1 atom stereocenters. The summed E-state index contributed by atoms with van der Waals surface area (Å²) in [7, 11) is 3.30. The number of amides is 1. The monoisotopic (exact) mass is 502 g/mol. The lowest BCUT2D eigenvalue weighted by molar-refractivity contribution is 0.0939. The van der Waals surface area contributed by atoms with Crippen molar-refractivity contribution in [3.05, 3.63) is 83.9 Å². The second-order valence-electron chi connectivity index (χ2n) is 8.31. The lowest BCUT2D eigenvalue weighted by Crippen LogP contribution is -2.31. The molecule has 0 bridgehead atoms. The molecule has 3 aromatic carbocycles. The Bertz CT molecular complexity index is 1320. The molecule has 186 valence electrons. The topological polar surface area (TPSA) is 78.3 Å². The molecule has 8 heteroatoms. The van der Waals surface area contributed by atoms with Crippen LogP contribution in [0.4, 0.5) is 0 Å². The van der Waals surface area contributed by atoms with Crippen LogP contribution < -0.4 is 14.8 Å². The van der Waals surface area contributed by atoms with Crippen molar-refractivity contribution in [2.45, 2.75) is 37.2 Å². The zero-order chi connectivity index (χ0) is 25.5. The Morgan fingerprint density at radius 1 is 1.00 bits per heavy atom. The Kier molecular flexibility index (Phi) is 8.28. The fourth-order valence-corrected chi connectivity index (χ4v) is 4.55. The van der Waals surface area contributed by atoms with Crippen LogP contribution in [0.1, 0.15) is 36.2 Å². The minimum Gasteiger partial charge on any atom is -0.497 e. The normalized spacial score (nSPS) is 11.7. The van der Waals surface area contributed by atoms with E-state index in [9.17, 15) is 4.79 Å². The third-order valence-electron chi connectivity index (χ3n) is 5.86. The summed E-state index contributed by atoms with van der Waals surface area (Å²) in [6.07, 6.45) is 0.894. The maximum atomic E-state index is 12.4. The maximum Gasteiger partial charge on any atom is 0.251 e. The van der Waals surface area contributed by atoms with Gasteiger partial charge in [0.1, 0.15) is 11.5 Å². The van der Waals surface area contributed by atoms with Gasteiger partial charge in [0.2, 0.25) is 0 Å². The van der Waals surface area contributed by atoms with Gasteiger partial charge in [-0.1, -0.05) is 55.1 Å². The van der Waals surface area contributed by atoms with Gasteiger partial charge in [-0.25, -0.2) is 0 Å². The largest absolute Gasteiger partial charge is 0.497 e. The van der Waals surface area contributed by atoms with Crippen LogP contribution in [-0.2, 0) is 5.75 Å². The van der Waals surface area contributed by atoms with E-state index < -0.39 is 0 Å². The SMILES string of the molecule is CC[C@H](C)NC(=O)c1ccc(CSc2nnc(-c3cccc(OC)c3)n2-c2ccccc2OC)cc1. The summed E-state index contributed by atoms with van der Waals surface area (Å²) in [6, 6.07) is 23.4. The molecule has 0 spiro atoms. The Hall–Kier alpha value is -3.78. The predicted molar refractivity (Wildman–Crippen MR) is 143 cm³/mol. The molecule has 0 fully saturated rings. The molecule has 1 heterocycles. The summed E-state index contributed by atoms with van der Waals surface area (Å²) in [4.78, 5) is 12.4. The van der Waals surface area contributed by atoms with Gasteiger partial charge in [0.05, 0.1) is 19.9 Å². The van der Waals surface area contributed by atoms with Crippen LogP contribution in [0.3, 0.4) is 0 Å². The van der Waals surface area contributed by atoms with Gasteiger partial charge in [0.25, 0.3) is 5.91 Å². The number of nitrogens with zero attached hydrogens (tertiary/aromatic N) is 3. The fourth-order valence-electron chi connectivity index (χ4n) is 3.65. The number of nitrogens with one attached hydrogen (secondary N) is 1. The van der Waals surface area contributed by atoms with Gasteiger partial charge in [0, 0.05) is 22.9 Å². The molecule has 7 nitrogen and oxygen atoms in total. The van der Waals surface area contributed by atoms with Gasteiger partial charge in [-0.2, -0.15) is 0 Å². The third kappa shape index (κ3) is 5.71. The lowest BCUT2D eigenvalue weighted by Gasteiger charge is -2.14. The Labute approximate surface area is 215 Å². The number of carbonyl (C=O) groups excluding carboxylic acids is 1. The molecule has 1 N–H and O–H groups in total. The summed E-state index contributed by atoms with van der Waals surface area (Å²) in [5.41, 5.74) is 3.47. The number of benzene rings is 3. The molecule has 0 aliphatic carbocycles. The standard InChI is InChI=1S/C28H30N4O3S/c1-5-19(2)29-27(33)21-15-13-20(14-16-21)18-36-28-31-30-26(22-9-8-10-23(17-22)34-3)32(28)24-11-6-7-12-25(24)35-4/h6-17,19H,5,18H2,1-4H3,(H,29,33)/t19-/m0/s1. The highest BCUT2D eigenvalue weighted by Crippen LogP contribution is 2.34. The van der Waals surface area contributed by atoms with Gasteiger partial charge in [-0.05, 0) is 55.3 Å². The van der Waals surface area contributed by atoms with Crippen molar-refractivity contribution in [3.63, 3.8) is 0 Å². The number of methoxy groups -OCH3 is 2. The van der Waals surface area contributed by atoms with E-state index in [1.807, 2.05) is 84.3 Å². The smallest absolute Gasteiger partial charge is 0.251 e. The van der Waals surface area contributed by atoms with Gasteiger partial charge in [-0.15, -0.1) is 10.2 Å². The number of aromatic nitrogens is 3. The van der Waals surface area contributed by atoms with Crippen LogP contribution in [-0.4, -0.2) is 40.9 Å². The average Bonchev–Trinajstić information content (AvgIpc) is 3.35. The van der Waals surface area contributed by atoms with E-state index >= 15 is 0 Å². The van der Waals surface area contributed by atoms with Gasteiger partial charge in [0.15, 0.2) is 11.0 Å². The predicted octanol–water partition coefficient (Wildman–Crippen LogP) is 5.77. The number of ether oxygens (including phenoxy) is 2. The number of hydrogen-bond acceptors (Lipinski definition) is 6. The van der Waals surface area contributed by atoms with Crippen molar-refractivity contribution < 1.29 is 14.3 Å². The molecule has 36 heavy (non-hydrogen) atoms. The quantitative estimate of drug-likeness (QED) is 0.277. The Morgan fingerprint density at radius 2 is 1.78 bits per heavy atom. The molecular formula is C28H30N4O3S. The summed E-state index contributed by atoms with van der Waals surface area (Å²) in [5.74, 6) is 2.77. The van der Waals surface area contributed by atoms with Crippen molar-refractivity contribution in [2.24, 2.45) is 0 Å². The number of hydrogen-bond donors (Lipinski definition) is 1. The van der Waals surface area contributed by atoms with Crippen molar-refractivity contribution in [3.8, 4) is 28.6 Å². The van der Waals surface area contributed by atoms with Crippen LogP contribution in [0.25, 0.3) is 17.1 Å². The first-order valence-corrected chi connectivity index (χ1v) is 12.8. The number of carbonyl (C=O) groups is 1. The summed E-state index contributed by atoms with van der Waals surface area (Å²) in [6.45, 7) is 4.05. The third-order valence-corrected chi connectivity index (χ3v) is 6.86. The molecule has 0 radical (unpaired) electrons. The lowest BCUT2D eigenvalue weighted by atomic mass is 10.1. The Balaban J connectivity index is 1.62. The second kappa shape index (κ2) is 11.8. The van der Waals surface area contributed by atoms with Crippen LogP contribution in [0, 0.1) is 0 Å². The second-order valence-corrected chi connectivity index (χ2v) is 9.26. The molecule has 0 saturated heterocycles. The van der Waals surface area contributed by atoms with Gasteiger partial charge >= 0.3 is 0 Å². The molecule has 4 aromatic rings. The molecule has 0 aliphatic rings. The highest BCUT2D eigenvalue weighted by atomic mass is 32.2. The van der Waals surface area contributed by atoms with E-state index in [1.165, 1.54) is 0 Å². The fraction of sp³-hybridized carbons (Fsp3) is 0.250. The highest BCUT2D eigenvalue weighted by Gasteiger charge is 2.19. The van der Waals surface area contributed by atoms with E-state index in [1.54, 1.807) is 26.0 Å². The van der Waals surface area contributed by atoms with Crippen molar-refractivity contribution in [1.29, 1.82) is 0 Å². The Morgan fingerprint density at radius 3 is 2.50 bits per heavy atom. The first-order chi connectivity index (χ1) is 17.5. The minimum atomic E-state index is -0.0533. The zero-order valence-electron chi connectivity index (χ0n) is 20.9. The van der Waals surface area contributed by atoms with E-state index in [0.717, 1.165) is 39.9 Å². The first-order valence-electron chi connectivity index (χ1n) is 11.8. The summed E-state index contributed by atoms with van der Waals surface area (Å²) >= 11 is 1.57. The van der Waals surface area contributed by atoms with Crippen molar-refractivity contribution in [1.82, 2.24) is 20.1 Å². The van der Waals surface area contributed by atoms with Gasteiger partial charge < -0.3 is 14.8 Å². The van der Waals surface area contributed by atoms with E-state index in [-0.39, 0.29) is 11.9 Å². The maximum absolute atomic E-state index is 12.4. The average molecular weight is 503 g/mol. The molecular weight excluding hydrogens is 472 g/mol. The zero-order valence-corrected chi connectivity index (χ0v) is 21.7. The summed E-state index contributed by atoms with van der Waals surface area (Å²) < 4.78 is 13.1. The first kappa shape index (κ1) is 25.3. The molecule has 0 unspecified atom stereocenters. The number of rotatable bonds is 10. The van der Waals surface area contributed by atoms with Crippen LogP contribution in [0.15, 0.2) is 78.0 Å². The van der Waals surface area contributed by atoms with Gasteiger partial charge in [-0.3, -0.25) is 9.36 Å².